The number of pyridine rings is 1. The molecule has 0 spiro atoms. The van der Waals surface area contributed by atoms with Crippen molar-refractivity contribution < 1.29 is 0 Å². The van der Waals surface area contributed by atoms with Crippen molar-refractivity contribution >= 4 is 11.3 Å². The quantitative estimate of drug-likeness (QED) is 0.598. The second-order valence-corrected chi connectivity index (χ2v) is 7.57. The zero-order valence-corrected chi connectivity index (χ0v) is 16.6. The Hall–Kier alpha value is -3.13. The zero-order chi connectivity index (χ0) is 19.7. The predicted octanol–water partition coefficient (Wildman–Crippen LogP) is 6.19. The smallest absolute Gasteiger partial charge is 0.0705 e. The van der Waals surface area contributed by atoms with Gasteiger partial charge < -0.3 is 5.32 Å². The molecule has 0 aliphatic carbocycles. The van der Waals surface area contributed by atoms with E-state index in [0.717, 1.165) is 52.3 Å². The van der Waals surface area contributed by atoms with Crippen molar-refractivity contribution in [2.75, 3.05) is 6.54 Å². The van der Waals surface area contributed by atoms with Gasteiger partial charge in [0.25, 0.3) is 0 Å². The molecule has 0 fully saturated rings. The lowest BCUT2D eigenvalue weighted by Crippen LogP contribution is -2.10. The average Bonchev–Trinajstić information content (AvgIpc) is 2.86. The van der Waals surface area contributed by atoms with Crippen LogP contribution >= 0.6 is 0 Å². The van der Waals surface area contributed by atoms with Crippen LogP contribution in [0.3, 0.4) is 0 Å². The van der Waals surface area contributed by atoms with Crippen LogP contribution in [0.4, 0.5) is 0 Å². The summed E-state index contributed by atoms with van der Waals surface area (Å²) in [6.45, 7) is 13.9. The third kappa shape index (κ3) is 3.38. The first-order chi connectivity index (χ1) is 13.5. The molecule has 2 heteroatoms. The third-order valence-corrected chi connectivity index (χ3v) is 5.65. The summed E-state index contributed by atoms with van der Waals surface area (Å²) in [4.78, 5) is 4.83. The molecule has 0 bridgehead atoms. The van der Waals surface area contributed by atoms with Gasteiger partial charge in [0.2, 0.25) is 0 Å². The molecule has 4 rings (SSSR count). The highest BCUT2D eigenvalue weighted by Gasteiger charge is 2.18. The van der Waals surface area contributed by atoms with Gasteiger partial charge >= 0.3 is 0 Å². The fraction of sp³-hybridized carbons (Fsp3) is 0.192. The van der Waals surface area contributed by atoms with Gasteiger partial charge in [-0.25, -0.2) is 0 Å². The van der Waals surface area contributed by atoms with E-state index in [1.54, 1.807) is 0 Å². The number of nitrogens with zero attached hydrogens (tertiary/aromatic N) is 1. The topological polar surface area (TPSA) is 24.9 Å². The van der Waals surface area contributed by atoms with Crippen LogP contribution in [-0.2, 0) is 0 Å². The Kier molecular flexibility index (Phi) is 4.87. The summed E-state index contributed by atoms with van der Waals surface area (Å²) in [7, 11) is 0. The van der Waals surface area contributed by atoms with Crippen molar-refractivity contribution in [3.05, 3.63) is 102 Å². The Morgan fingerprint density at radius 3 is 2.61 bits per heavy atom. The van der Waals surface area contributed by atoms with E-state index in [2.05, 4.69) is 74.8 Å². The largest absolute Gasteiger partial charge is 0.385 e. The summed E-state index contributed by atoms with van der Waals surface area (Å²) in [5.41, 5.74) is 9.97. The second-order valence-electron chi connectivity index (χ2n) is 7.57. The molecule has 2 nitrogen and oxygen atoms in total. The normalized spacial score (nSPS) is 16.1. The fourth-order valence-corrected chi connectivity index (χ4v) is 3.93. The molecular formula is C26H26N2. The minimum Gasteiger partial charge on any atom is -0.385 e. The van der Waals surface area contributed by atoms with Crippen LogP contribution in [0.2, 0.25) is 0 Å². The van der Waals surface area contributed by atoms with E-state index in [1.165, 1.54) is 11.1 Å². The summed E-state index contributed by atoms with van der Waals surface area (Å²) < 4.78 is 0. The van der Waals surface area contributed by atoms with Gasteiger partial charge in [0, 0.05) is 34.6 Å². The van der Waals surface area contributed by atoms with Gasteiger partial charge in [0.1, 0.15) is 0 Å². The number of hydrogen-bond donors (Lipinski definition) is 1. The number of aromatic nitrogens is 1. The lowest BCUT2D eigenvalue weighted by Gasteiger charge is -2.17. The number of benzene rings is 2. The van der Waals surface area contributed by atoms with Gasteiger partial charge in [-0.3, -0.25) is 4.98 Å². The summed E-state index contributed by atoms with van der Waals surface area (Å²) in [5.74, 6) is 0.495. The summed E-state index contributed by atoms with van der Waals surface area (Å²) >= 11 is 0. The van der Waals surface area contributed by atoms with E-state index in [1.807, 2.05) is 18.2 Å². The van der Waals surface area contributed by atoms with Gasteiger partial charge in [-0.1, -0.05) is 74.7 Å². The first-order valence-corrected chi connectivity index (χ1v) is 9.84. The SMILES string of the molecule is C=C1NCCC(C)c2cc(C(=C)c3ccc(-c4ccccc4)nc3C)ccc21. The Bertz CT molecular complexity index is 1050. The maximum atomic E-state index is 4.83. The van der Waals surface area contributed by atoms with Crippen LogP contribution in [0.25, 0.3) is 22.5 Å². The number of hydrogen-bond acceptors (Lipinski definition) is 2. The maximum Gasteiger partial charge on any atom is 0.0705 e. The lowest BCUT2D eigenvalue weighted by atomic mass is 9.88. The highest BCUT2D eigenvalue weighted by molar-refractivity contribution is 5.81. The number of nitrogens with one attached hydrogen (secondary N) is 1. The summed E-state index contributed by atoms with van der Waals surface area (Å²) in [6, 6.07) is 21.1. The minimum absolute atomic E-state index is 0.495. The molecule has 140 valence electrons. The van der Waals surface area contributed by atoms with Crippen molar-refractivity contribution in [3.8, 4) is 11.3 Å². The summed E-state index contributed by atoms with van der Waals surface area (Å²) in [5, 5.41) is 3.42. The molecule has 3 aromatic rings. The van der Waals surface area contributed by atoms with Crippen LogP contribution in [0.1, 0.15) is 47.2 Å². The first-order valence-electron chi connectivity index (χ1n) is 9.84. The van der Waals surface area contributed by atoms with Gasteiger partial charge in [-0.05, 0) is 42.0 Å². The molecule has 28 heavy (non-hydrogen) atoms. The number of fused-ring (bicyclic) bond motifs is 1. The van der Waals surface area contributed by atoms with Gasteiger partial charge in [-0.2, -0.15) is 0 Å². The molecule has 1 aliphatic rings. The molecule has 0 amide bonds. The van der Waals surface area contributed by atoms with Crippen LogP contribution in [0.5, 0.6) is 0 Å². The molecule has 1 unspecified atom stereocenters. The molecule has 2 aromatic carbocycles. The van der Waals surface area contributed by atoms with Crippen molar-refractivity contribution in [2.24, 2.45) is 0 Å². The molecule has 1 N–H and O–H groups in total. The first kappa shape index (κ1) is 18.2. The third-order valence-electron chi connectivity index (χ3n) is 5.65. The monoisotopic (exact) mass is 366 g/mol. The second kappa shape index (κ2) is 7.47. The van der Waals surface area contributed by atoms with E-state index >= 15 is 0 Å². The van der Waals surface area contributed by atoms with Gasteiger partial charge in [-0.15, -0.1) is 0 Å². The van der Waals surface area contributed by atoms with Crippen molar-refractivity contribution in [2.45, 2.75) is 26.2 Å². The molecule has 0 saturated heterocycles. The molecule has 2 heterocycles. The van der Waals surface area contributed by atoms with Crippen LogP contribution < -0.4 is 5.32 Å². The maximum absolute atomic E-state index is 4.83. The lowest BCUT2D eigenvalue weighted by molar-refractivity contribution is 0.672. The standard InChI is InChI=1S/C26H26N2/c1-17-14-15-27-19(3)24-11-10-22(16-25(17)24)18(2)23-12-13-26(28-20(23)4)21-8-6-5-7-9-21/h5-13,16-17,27H,2-3,14-15H2,1,4H3. The molecule has 1 aromatic heterocycles. The van der Waals surface area contributed by atoms with E-state index in [0.29, 0.717) is 5.92 Å². The zero-order valence-electron chi connectivity index (χ0n) is 16.6. The summed E-state index contributed by atoms with van der Waals surface area (Å²) in [6.07, 6.45) is 1.11. The van der Waals surface area contributed by atoms with E-state index in [-0.39, 0.29) is 0 Å². The molecule has 1 atom stereocenters. The Balaban J connectivity index is 1.69. The molecular weight excluding hydrogens is 340 g/mol. The molecule has 0 saturated carbocycles. The molecule has 1 aliphatic heterocycles. The van der Waals surface area contributed by atoms with Crippen molar-refractivity contribution in [1.82, 2.24) is 10.3 Å². The Morgan fingerprint density at radius 2 is 1.86 bits per heavy atom. The number of rotatable bonds is 3. The van der Waals surface area contributed by atoms with Gasteiger partial charge in [0.05, 0.1) is 5.69 Å². The van der Waals surface area contributed by atoms with E-state index in [9.17, 15) is 0 Å². The Labute approximate surface area is 167 Å². The Morgan fingerprint density at radius 1 is 1.07 bits per heavy atom. The highest BCUT2D eigenvalue weighted by atomic mass is 14.9. The minimum atomic E-state index is 0.495. The van der Waals surface area contributed by atoms with Crippen LogP contribution in [0, 0.1) is 6.92 Å². The highest BCUT2D eigenvalue weighted by Crippen LogP contribution is 2.34. The predicted molar refractivity (Wildman–Crippen MR) is 119 cm³/mol. The van der Waals surface area contributed by atoms with Crippen LogP contribution in [-0.4, -0.2) is 11.5 Å². The van der Waals surface area contributed by atoms with Crippen LogP contribution in [0.15, 0.2) is 73.8 Å². The molecule has 0 radical (unpaired) electrons. The number of aryl methyl sites for hydroxylation is 1. The van der Waals surface area contributed by atoms with E-state index in [4.69, 9.17) is 4.98 Å². The van der Waals surface area contributed by atoms with Crippen molar-refractivity contribution in [1.29, 1.82) is 0 Å². The van der Waals surface area contributed by atoms with E-state index < -0.39 is 0 Å². The van der Waals surface area contributed by atoms with Gasteiger partial charge in [0.15, 0.2) is 0 Å². The van der Waals surface area contributed by atoms with Crippen molar-refractivity contribution in [3.63, 3.8) is 0 Å². The average molecular weight is 367 g/mol. The fourth-order valence-electron chi connectivity index (χ4n) is 3.93.